The smallest absolute Gasteiger partial charge is 0.272 e. The molecule has 1 aliphatic heterocycles. The number of nitrogens with zero attached hydrogens (tertiary/aromatic N) is 3. The van der Waals surface area contributed by atoms with Crippen LogP contribution in [-0.4, -0.2) is 40.3 Å². The molecule has 0 bridgehead atoms. The number of likely N-dealkylation sites (tertiary alicyclic amines) is 1. The fourth-order valence-electron chi connectivity index (χ4n) is 3.07. The Balaban J connectivity index is 1.42. The summed E-state index contributed by atoms with van der Waals surface area (Å²) in [4.78, 5) is 14.3. The van der Waals surface area contributed by atoms with Crippen molar-refractivity contribution < 1.29 is 13.9 Å². The first kappa shape index (κ1) is 16.5. The number of piperidine rings is 1. The highest BCUT2D eigenvalue weighted by Gasteiger charge is 2.24. The van der Waals surface area contributed by atoms with Gasteiger partial charge in [0.2, 0.25) is 0 Å². The van der Waals surface area contributed by atoms with Gasteiger partial charge in [-0.3, -0.25) is 9.48 Å². The average Bonchev–Trinajstić information content (AvgIpc) is 3.01. The summed E-state index contributed by atoms with van der Waals surface area (Å²) < 4.78 is 20.3. The molecular formula is C18H22FN3O2. The Morgan fingerprint density at radius 3 is 2.79 bits per heavy atom. The maximum Gasteiger partial charge on any atom is 0.272 e. The molecule has 128 valence electrons. The first-order valence-corrected chi connectivity index (χ1v) is 8.29. The predicted octanol–water partition coefficient (Wildman–Crippen LogP) is 2.88. The molecule has 3 rings (SSSR count). The first-order valence-electron chi connectivity index (χ1n) is 8.29. The molecule has 1 aromatic heterocycles. The summed E-state index contributed by atoms with van der Waals surface area (Å²) in [5.74, 6) is 0.868. The number of aromatic nitrogens is 2. The van der Waals surface area contributed by atoms with Crippen molar-refractivity contribution in [3.05, 3.63) is 48.0 Å². The van der Waals surface area contributed by atoms with Crippen LogP contribution in [0, 0.1) is 11.7 Å². The minimum absolute atomic E-state index is 0.0458. The van der Waals surface area contributed by atoms with Gasteiger partial charge in [0.1, 0.15) is 17.3 Å². The molecule has 0 atom stereocenters. The molecule has 0 saturated carbocycles. The molecule has 24 heavy (non-hydrogen) atoms. The highest BCUT2D eigenvalue weighted by atomic mass is 19.1. The molecule has 2 heterocycles. The third-order valence-corrected chi connectivity index (χ3v) is 4.53. The number of ether oxygens (including phenoxy) is 1. The molecule has 0 aliphatic carbocycles. The van der Waals surface area contributed by atoms with Gasteiger partial charge in [0, 0.05) is 32.4 Å². The molecule has 0 unspecified atom stereocenters. The van der Waals surface area contributed by atoms with Crippen molar-refractivity contribution in [3.8, 4) is 5.75 Å². The second-order valence-corrected chi connectivity index (χ2v) is 6.17. The van der Waals surface area contributed by atoms with Gasteiger partial charge in [-0.2, -0.15) is 5.10 Å². The topological polar surface area (TPSA) is 47.4 Å². The van der Waals surface area contributed by atoms with E-state index < -0.39 is 0 Å². The Morgan fingerprint density at radius 1 is 1.33 bits per heavy atom. The lowest BCUT2D eigenvalue weighted by Crippen LogP contribution is -2.39. The summed E-state index contributed by atoms with van der Waals surface area (Å²) in [6.07, 6.45) is 4.50. The number of carbonyl (C=O) groups excluding carboxylic acids is 1. The van der Waals surface area contributed by atoms with Gasteiger partial charge in [-0.25, -0.2) is 4.39 Å². The normalized spacial score (nSPS) is 15.5. The largest absolute Gasteiger partial charge is 0.493 e. The van der Waals surface area contributed by atoms with E-state index in [0.717, 1.165) is 32.4 Å². The van der Waals surface area contributed by atoms with Crippen molar-refractivity contribution >= 4 is 5.91 Å². The van der Waals surface area contributed by atoms with Crippen LogP contribution in [0.1, 0.15) is 29.8 Å². The zero-order valence-corrected chi connectivity index (χ0v) is 13.8. The molecule has 6 heteroatoms. The van der Waals surface area contributed by atoms with Crippen molar-refractivity contribution in [2.45, 2.75) is 19.3 Å². The van der Waals surface area contributed by atoms with Gasteiger partial charge >= 0.3 is 0 Å². The van der Waals surface area contributed by atoms with Crippen molar-refractivity contribution in [2.75, 3.05) is 19.7 Å². The van der Waals surface area contributed by atoms with Crippen LogP contribution < -0.4 is 4.74 Å². The molecule has 1 aromatic carbocycles. The van der Waals surface area contributed by atoms with Gasteiger partial charge in [-0.15, -0.1) is 0 Å². The molecule has 1 saturated heterocycles. The van der Waals surface area contributed by atoms with Crippen LogP contribution in [0.15, 0.2) is 36.5 Å². The predicted molar refractivity (Wildman–Crippen MR) is 88.3 cm³/mol. The highest BCUT2D eigenvalue weighted by molar-refractivity contribution is 5.92. The molecule has 1 amide bonds. The quantitative estimate of drug-likeness (QED) is 0.846. The minimum atomic E-state index is -0.283. The zero-order valence-electron chi connectivity index (χ0n) is 13.8. The van der Waals surface area contributed by atoms with Gasteiger partial charge in [-0.1, -0.05) is 6.07 Å². The zero-order chi connectivity index (χ0) is 16.9. The van der Waals surface area contributed by atoms with Crippen LogP contribution >= 0.6 is 0 Å². The van der Waals surface area contributed by atoms with Gasteiger partial charge in [-0.05, 0) is 43.4 Å². The standard InChI is InChI=1S/C18H22FN3O2/c1-21-17(5-9-20-21)18(23)22-10-6-14(7-11-22)8-12-24-16-4-2-3-15(19)13-16/h2-5,9,13-14H,6-8,10-12H2,1H3. The number of amides is 1. The second-order valence-electron chi connectivity index (χ2n) is 6.17. The Hall–Kier alpha value is -2.37. The van der Waals surface area contributed by atoms with E-state index in [0.29, 0.717) is 24.0 Å². The van der Waals surface area contributed by atoms with E-state index in [1.165, 1.54) is 12.1 Å². The number of hydrogen-bond donors (Lipinski definition) is 0. The van der Waals surface area contributed by atoms with Gasteiger partial charge in [0.25, 0.3) is 5.91 Å². The van der Waals surface area contributed by atoms with Gasteiger partial charge in [0.15, 0.2) is 0 Å². The lowest BCUT2D eigenvalue weighted by Gasteiger charge is -2.32. The molecule has 1 fully saturated rings. The number of rotatable bonds is 5. The fraction of sp³-hybridized carbons (Fsp3) is 0.444. The Morgan fingerprint density at radius 2 is 2.12 bits per heavy atom. The molecule has 1 aliphatic rings. The number of carbonyl (C=O) groups is 1. The van der Waals surface area contributed by atoms with Gasteiger partial charge < -0.3 is 9.64 Å². The highest BCUT2D eigenvalue weighted by Crippen LogP contribution is 2.22. The minimum Gasteiger partial charge on any atom is -0.493 e. The van der Waals surface area contributed by atoms with Crippen LogP contribution in [0.2, 0.25) is 0 Å². The summed E-state index contributed by atoms with van der Waals surface area (Å²) in [5, 5.41) is 4.05. The SMILES string of the molecule is Cn1nccc1C(=O)N1CCC(CCOc2cccc(F)c2)CC1. The van der Waals surface area contributed by atoms with E-state index in [1.54, 1.807) is 36.1 Å². The summed E-state index contributed by atoms with van der Waals surface area (Å²) in [6.45, 7) is 2.09. The van der Waals surface area contributed by atoms with Crippen molar-refractivity contribution in [1.29, 1.82) is 0 Å². The third-order valence-electron chi connectivity index (χ3n) is 4.53. The number of hydrogen-bond acceptors (Lipinski definition) is 3. The second kappa shape index (κ2) is 7.47. The maximum absolute atomic E-state index is 13.1. The number of benzene rings is 1. The third kappa shape index (κ3) is 3.93. The van der Waals surface area contributed by atoms with Crippen LogP contribution in [0.5, 0.6) is 5.75 Å². The van der Waals surface area contributed by atoms with Crippen LogP contribution in [0.25, 0.3) is 0 Å². The van der Waals surface area contributed by atoms with Crippen molar-refractivity contribution in [3.63, 3.8) is 0 Å². The van der Waals surface area contributed by atoms with Crippen LogP contribution in [0.3, 0.4) is 0 Å². The molecule has 0 spiro atoms. The Labute approximate surface area is 141 Å². The van der Waals surface area contributed by atoms with E-state index in [4.69, 9.17) is 4.74 Å². The van der Waals surface area contributed by atoms with E-state index in [-0.39, 0.29) is 11.7 Å². The Bertz CT molecular complexity index is 693. The monoisotopic (exact) mass is 331 g/mol. The summed E-state index contributed by atoms with van der Waals surface area (Å²) in [7, 11) is 1.78. The Kier molecular flexibility index (Phi) is 5.13. The van der Waals surface area contributed by atoms with Crippen LogP contribution in [-0.2, 0) is 7.05 Å². The summed E-state index contributed by atoms with van der Waals surface area (Å²) >= 11 is 0. The van der Waals surface area contributed by atoms with Crippen LogP contribution in [0.4, 0.5) is 4.39 Å². The summed E-state index contributed by atoms with van der Waals surface area (Å²) in [6, 6.07) is 7.96. The molecule has 0 N–H and O–H groups in total. The first-order chi connectivity index (χ1) is 11.6. The summed E-state index contributed by atoms with van der Waals surface area (Å²) in [5.41, 5.74) is 0.628. The van der Waals surface area contributed by atoms with E-state index in [1.807, 2.05) is 4.90 Å². The maximum atomic E-state index is 13.1. The van der Waals surface area contributed by atoms with E-state index in [9.17, 15) is 9.18 Å². The van der Waals surface area contributed by atoms with E-state index >= 15 is 0 Å². The number of aryl methyl sites for hydroxylation is 1. The molecule has 5 nitrogen and oxygen atoms in total. The number of halogens is 1. The molecular weight excluding hydrogens is 309 g/mol. The average molecular weight is 331 g/mol. The lowest BCUT2D eigenvalue weighted by molar-refractivity contribution is 0.0669. The molecule has 2 aromatic rings. The molecule has 0 radical (unpaired) electrons. The fourth-order valence-corrected chi connectivity index (χ4v) is 3.07. The van der Waals surface area contributed by atoms with E-state index in [2.05, 4.69) is 5.10 Å². The lowest BCUT2D eigenvalue weighted by atomic mass is 9.94. The van der Waals surface area contributed by atoms with Crippen molar-refractivity contribution in [2.24, 2.45) is 13.0 Å². The van der Waals surface area contributed by atoms with Crippen molar-refractivity contribution in [1.82, 2.24) is 14.7 Å². The van der Waals surface area contributed by atoms with Gasteiger partial charge in [0.05, 0.1) is 6.61 Å².